The molecule has 0 aliphatic carbocycles. The molecular weight excluding hydrogens is 307 g/mol. The van der Waals surface area contributed by atoms with Gasteiger partial charge in [0.1, 0.15) is 0 Å². The van der Waals surface area contributed by atoms with Crippen LogP contribution in [0.25, 0.3) is 0 Å². The number of likely N-dealkylation sites (tertiary alicyclic amines) is 1. The molecule has 0 saturated carbocycles. The fourth-order valence-electron chi connectivity index (χ4n) is 2.88. The lowest BCUT2D eigenvalue weighted by Gasteiger charge is -2.28. The van der Waals surface area contributed by atoms with E-state index in [1.54, 1.807) is 0 Å². The Morgan fingerprint density at radius 2 is 1.90 bits per heavy atom. The highest BCUT2D eigenvalue weighted by molar-refractivity contribution is 7.99. The third-order valence-corrected chi connectivity index (χ3v) is 5.43. The number of aliphatic carboxylic acids is 1. The van der Waals surface area contributed by atoms with Crippen molar-refractivity contribution in [1.29, 1.82) is 0 Å². The summed E-state index contributed by atoms with van der Waals surface area (Å²) in [6, 6.07) is 0. The second kappa shape index (κ2) is 6.06. The van der Waals surface area contributed by atoms with Gasteiger partial charge in [-0.15, -0.1) is 0 Å². The summed E-state index contributed by atoms with van der Waals surface area (Å²) >= 11 is 1.81. The van der Waals surface area contributed by atoms with Gasteiger partial charge in [-0.1, -0.05) is 0 Å². The van der Waals surface area contributed by atoms with Gasteiger partial charge in [-0.05, 0) is 36.7 Å². The number of hydrogen-bond acceptors (Lipinski definition) is 3. The minimum Gasteiger partial charge on any atom is -0.481 e. The molecule has 2 rings (SSSR count). The zero-order valence-corrected chi connectivity index (χ0v) is 12.3. The van der Waals surface area contributed by atoms with Crippen LogP contribution in [-0.2, 0) is 9.59 Å². The van der Waals surface area contributed by atoms with Crippen LogP contribution in [0.2, 0.25) is 0 Å². The summed E-state index contributed by atoms with van der Waals surface area (Å²) in [6.45, 7) is -0.891. The molecule has 0 bridgehead atoms. The van der Waals surface area contributed by atoms with Gasteiger partial charge in [0.25, 0.3) is 0 Å². The number of carboxylic acid groups (broad SMARTS) is 1. The van der Waals surface area contributed by atoms with E-state index in [0.717, 1.165) is 29.2 Å². The van der Waals surface area contributed by atoms with Crippen LogP contribution in [0.3, 0.4) is 0 Å². The highest BCUT2D eigenvalue weighted by atomic mass is 32.2. The van der Waals surface area contributed by atoms with Crippen molar-refractivity contribution in [1.82, 2.24) is 4.90 Å². The molecule has 2 aliphatic rings. The van der Waals surface area contributed by atoms with E-state index in [-0.39, 0.29) is 24.8 Å². The Labute approximate surface area is 125 Å². The first-order valence-corrected chi connectivity index (χ1v) is 8.07. The van der Waals surface area contributed by atoms with E-state index in [1.807, 2.05) is 11.8 Å². The molecule has 0 aromatic carbocycles. The quantitative estimate of drug-likeness (QED) is 0.865. The van der Waals surface area contributed by atoms with Gasteiger partial charge < -0.3 is 10.0 Å². The van der Waals surface area contributed by atoms with E-state index >= 15 is 0 Å². The molecule has 0 spiro atoms. The number of hydrogen-bond donors (Lipinski definition) is 1. The molecule has 1 unspecified atom stereocenters. The molecular formula is C13H18F3NO3S. The van der Waals surface area contributed by atoms with Gasteiger partial charge in [0.2, 0.25) is 5.91 Å². The number of alkyl halides is 3. The number of amides is 1. The second-order valence-electron chi connectivity index (χ2n) is 5.71. The van der Waals surface area contributed by atoms with Gasteiger partial charge in [-0.25, -0.2) is 0 Å². The van der Waals surface area contributed by atoms with E-state index < -0.39 is 30.5 Å². The Hall–Kier alpha value is -0.920. The second-order valence-corrected chi connectivity index (χ2v) is 6.93. The van der Waals surface area contributed by atoms with E-state index in [2.05, 4.69) is 0 Å². The number of halogens is 3. The van der Waals surface area contributed by atoms with Crippen LogP contribution < -0.4 is 0 Å². The Morgan fingerprint density at radius 1 is 1.29 bits per heavy atom. The zero-order valence-electron chi connectivity index (χ0n) is 11.5. The molecule has 0 radical (unpaired) electrons. The molecule has 4 nitrogen and oxygen atoms in total. The fraction of sp³-hybridized carbons (Fsp3) is 0.846. The molecule has 2 heterocycles. The third kappa shape index (κ3) is 3.30. The first-order valence-electron chi connectivity index (χ1n) is 6.92. The van der Waals surface area contributed by atoms with Crippen molar-refractivity contribution in [3.05, 3.63) is 0 Å². The Balaban J connectivity index is 2.00. The number of rotatable bonds is 3. The Kier molecular flexibility index (Phi) is 4.75. The largest absolute Gasteiger partial charge is 0.481 e. The maximum Gasteiger partial charge on any atom is 0.406 e. The summed E-state index contributed by atoms with van der Waals surface area (Å²) in [7, 11) is 0. The maximum absolute atomic E-state index is 13.0. The molecule has 0 aromatic heterocycles. The smallest absolute Gasteiger partial charge is 0.406 e. The van der Waals surface area contributed by atoms with Crippen LogP contribution in [0.15, 0.2) is 0 Å². The lowest BCUT2D eigenvalue weighted by atomic mass is 9.86. The summed E-state index contributed by atoms with van der Waals surface area (Å²) < 4.78 is 39.1. The van der Waals surface area contributed by atoms with Crippen LogP contribution in [-0.4, -0.2) is 52.7 Å². The van der Waals surface area contributed by atoms with Crippen LogP contribution in [0.1, 0.15) is 25.7 Å². The first kappa shape index (κ1) is 16.5. The van der Waals surface area contributed by atoms with E-state index in [4.69, 9.17) is 5.11 Å². The SMILES string of the molecule is O=C(CC1CCSCC1)N1CCC(C(=O)O)(C(F)(F)F)C1. The molecule has 1 atom stereocenters. The molecule has 0 aromatic rings. The average molecular weight is 325 g/mol. The minimum atomic E-state index is -4.84. The van der Waals surface area contributed by atoms with E-state index in [1.165, 1.54) is 0 Å². The van der Waals surface area contributed by atoms with Gasteiger partial charge in [0.15, 0.2) is 5.41 Å². The summed E-state index contributed by atoms with van der Waals surface area (Å²) in [5.74, 6) is -0.0813. The molecule has 1 N–H and O–H groups in total. The predicted molar refractivity (Wildman–Crippen MR) is 72.0 cm³/mol. The van der Waals surface area contributed by atoms with E-state index in [0.29, 0.717) is 0 Å². The summed E-state index contributed by atoms with van der Waals surface area (Å²) in [4.78, 5) is 24.3. The van der Waals surface area contributed by atoms with Crippen molar-refractivity contribution in [3.8, 4) is 0 Å². The average Bonchev–Trinajstić information content (AvgIpc) is 2.86. The number of carbonyl (C=O) groups excluding carboxylic acids is 1. The number of carboxylic acids is 1. The highest BCUT2D eigenvalue weighted by Crippen LogP contribution is 2.46. The molecule has 1 amide bonds. The zero-order chi connectivity index (χ0) is 15.7. The van der Waals surface area contributed by atoms with Gasteiger partial charge in [-0.3, -0.25) is 9.59 Å². The summed E-state index contributed by atoms with van der Waals surface area (Å²) in [5.41, 5.74) is -2.80. The van der Waals surface area contributed by atoms with Gasteiger partial charge in [-0.2, -0.15) is 24.9 Å². The van der Waals surface area contributed by atoms with Gasteiger partial charge >= 0.3 is 12.1 Å². The monoisotopic (exact) mass is 325 g/mol. The normalized spacial score (nSPS) is 27.9. The molecule has 2 aliphatic heterocycles. The standard InChI is InChI=1S/C13H18F3NO3S/c14-13(15,16)12(11(19)20)3-4-17(8-12)10(18)7-9-1-5-21-6-2-9/h9H,1-8H2,(H,19,20). The topological polar surface area (TPSA) is 57.6 Å². The van der Waals surface area contributed by atoms with Gasteiger partial charge in [0, 0.05) is 19.5 Å². The number of carbonyl (C=O) groups is 2. The van der Waals surface area contributed by atoms with Crippen molar-refractivity contribution in [2.75, 3.05) is 24.6 Å². The van der Waals surface area contributed by atoms with Crippen molar-refractivity contribution >= 4 is 23.6 Å². The van der Waals surface area contributed by atoms with Crippen LogP contribution in [0.5, 0.6) is 0 Å². The first-order chi connectivity index (χ1) is 9.76. The van der Waals surface area contributed by atoms with Crippen molar-refractivity contribution in [2.24, 2.45) is 11.3 Å². The van der Waals surface area contributed by atoms with Crippen molar-refractivity contribution < 1.29 is 27.9 Å². The maximum atomic E-state index is 13.0. The van der Waals surface area contributed by atoms with Crippen LogP contribution >= 0.6 is 11.8 Å². The highest BCUT2D eigenvalue weighted by Gasteiger charge is 2.64. The molecule has 120 valence electrons. The number of nitrogens with zero attached hydrogens (tertiary/aromatic N) is 1. The van der Waals surface area contributed by atoms with Gasteiger partial charge in [0.05, 0.1) is 0 Å². The molecule has 2 fully saturated rings. The molecule has 8 heteroatoms. The molecule has 2 saturated heterocycles. The summed E-state index contributed by atoms with van der Waals surface area (Å²) in [5, 5.41) is 8.96. The van der Waals surface area contributed by atoms with Crippen molar-refractivity contribution in [2.45, 2.75) is 31.9 Å². The lowest BCUT2D eigenvalue weighted by Crippen LogP contribution is -2.47. The fourth-order valence-corrected chi connectivity index (χ4v) is 4.08. The summed E-state index contributed by atoms with van der Waals surface area (Å²) in [6.07, 6.45) is -3.37. The predicted octanol–water partition coefficient (Wildman–Crippen LogP) is 2.39. The molecule has 21 heavy (non-hydrogen) atoms. The minimum absolute atomic E-state index is 0.133. The van der Waals surface area contributed by atoms with Crippen molar-refractivity contribution in [3.63, 3.8) is 0 Å². The number of thioether (sulfide) groups is 1. The Morgan fingerprint density at radius 3 is 2.38 bits per heavy atom. The van der Waals surface area contributed by atoms with Crippen LogP contribution in [0.4, 0.5) is 13.2 Å². The Bertz CT molecular complexity index is 423. The van der Waals surface area contributed by atoms with E-state index in [9.17, 15) is 22.8 Å². The lowest BCUT2D eigenvalue weighted by molar-refractivity contribution is -0.227. The van der Waals surface area contributed by atoms with Crippen LogP contribution in [0, 0.1) is 11.3 Å². The third-order valence-electron chi connectivity index (χ3n) is 4.38.